The Labute approximate surface area is 47.8 Å². The van der Waals surface area contributed by atoms with E-state index in [-0.39, 0.29) is 5.91 Å². The summed E-state index contributed by atoms with van der Waals surface area (Å²) in [5, 5.41) is 2.61. The van der Waals surface area contributed by atoms with Crippen LogP contribution < -0.4 is 5.32 Å². The molecule has 0 aliphatic carbocycles. The van der Waals surface area contributed by atoms with Crippen molar-refractivity contribution >= 4 is 11.7 Å². The van der Waals surface area contributed by atoms with Crippen LogP contribution in [-0.4, -0.2) is 18.3 Å². The fourth-order valence-electron chi connectivity index (χ4n) is 0.607. The Hall–Kier alpha value is -0.860. The van der Waals surface area contributed by atoms with E-state index < -0.39 is 0 Å². The minimum atomic E-state index is 0.0156. The first-order chi connectivity index (χ1) is 3.83. The Morgan fingerprint density at radius 2 is 2.62 bits per heavy atom. The average molecular weight is 112 g/mol. The molecule has 0 unspecified atom stereocenters. The summed E-state index contributed by atoms with van der Waals surface area (Å²) in [5.41, 5.74) is 0. The second kappa shape index (κ2) is 1.94. The minimum absolute atomic E-state index is 0.0156. The van der Waals surface area contributed by atoms with Gasteiger partial charge < -0.3 is 5.32 Å². The summed E-state index contributed by atoms with van der Waals surface area (Å²) in [6, 6.07) is 0. The lowest BCUT2D eigenvalue weighted by Gasteiger charge is -1.90. The number of rotatable bonds is 1. The topological polar surface area (TPSA) is 41.5 Å². The van der Waals surface area contributed by atoms with Gasteiger partial charge in [0.25, 0.3) is 0 Å². The standard InChI is InChI=1S/C5H8N2O/c1-2-4-6-3-5(8)7-4/h2-3H2,1H3,(H,6,7,8). The summed E-state index contributed by atoms with van der Waals surface area (Å²) in [5.74, 6) is 0.830. The van der Waals surface area contributed by atoms with Gasteiger partial charge in [-0.2, -0.15) is 0 Å². The molecule has 1 N–H and O–H groups in total. The highest BCUT2D eigenvalue weighted by atomic mass is 16.2. The maximum absolute atomic E-state index is 10.4. The van der Waals surface area contributed by atoms with E-state index in [4.69, 9.17) is 0 Å². The molecule has 3 heteroatoms. The lowest BCUT2D eigenvalue weighted by molar-refractivity contribution is -0.117. The number of carbonyl (C=O) groups excluding carboxylic acids is 1. The monoisotopic (exact) mass is 112 g/mol. The lowest BCUT2D eigenvalue weighted by Crippen LogP contribution is -2.23. The van der Waals surface area contributed by atoms with Crippen LogP contribution in [0.3, 0.4) is 0 Å². The summed E-state index contributed by atoms with van der Waals surface area (Å²) in [6.07, 6.45) is 0.825. The zero-order chi connectivity index (χ0) is 5.98. The van der Waals surface area contributed by atoms with Crippen LogP contribution in [0.1, 0.15) is 13.3 Å². The maximum Gasteiger partial charge on any atom is 0.246 e. The molecule has 1 aliphatic heterocycles. The normalized spacial score (nSPS) is 18.1. The van der Waals surface area contributed by atoms with Crippen LogP contribution in [0.25, 0.3) is 0 Å². The molecule has 0 fully saturated rings. The molecule has 0 atom stereocenters. The van der Waals surface area contributed by atoms with Gasteiger partial charge in [0, 0.05) is 6.42 Å². The Bertz CT molecular complexity index is 139. The highest BCUT2D eigenvalue weighted by Crippen LogP contribution is 1.89. The number of hydrogen-bond acceptors (Lipinski definition) is 2. The number of hydrogen-bond donors (Lipinski definition) is 1. The predicted molar refractivity (Wildman–Crippen MR) is 30.7 cm³/mol. The van der Waals surface area contributed by atoms with Gasteiger partial charge in [-0.3, -0.25) is 9.79 Å². The van der Waals surface area contributed by atoms with Crippen molar-refractivity contribution in [3.63, 3.8) is 0 Å². The highest BCUT2D eigenvalue weighted by molar-refractivity contribution is 6.03. The quantitative estimate of drug-likeness (QED) is 0.506. The Balaban J connectivity index is 2.49. The van der Waals surface area contributed by atoms with Crippen LogP contribution in [0.15, 0.2) is 4.99 Å². The smallest absolute Gasteiger partial charge is 0.246 e. The largest absolute Gasteiger partial charge is 0.313 e. The zero-order valence-corrected chi connectivity index (χ0v) is 4.77. The zero-order valence-electron chi connectivity index (χ0n) is 4.77. The van der Waals surface area contributed by atoms with Gasteiger partial charge in [-0.05, 0) is 0 Å². The molecule has 0 aromatic rings. The molecule has 44 valence electrons. The molecule has 1 amide bonds. The van der Waals surface area contributed by atoms with E-state index in [1.807, 2.05) is 6.92 Å². The molecule has 0 spiro atoms. The van der Waals surface area contributed by atoms with Crippen LogP contribution in [0.5, 0.6) is 0 Å². The molecule has 0 radical (unpaired) electrons. The summed E-state index contributed by atoms with van der Waals surface area (Å²) >= 11 is 0. The Morgan fingerprint density at radius 3 is 2.88 bits per heavy atom. The summed E-state index contributed by atoms with van der Waals surface area (Å²) in [6.45, 7) is 2.29. The molecular weight excluding hydrogens is 104 g/mol. The van der Waals surface area contributed by atoms with Crippen molar-refractivity contribution in [3.8, 4) is 0 Å². The first-order valence-corrected chi connectivity index (χ1v) is 2.66. The molecule has 1 heterocycles. The molecular formula is C5H8N2O. The van der Waals surface area contributed by atoms with Gasteiger partial charge in [0.05, 0.1) is 0 Å². The highest BCUT2D eigenvalue weighted by Gasteiger charge is 2.09. The van der Waals surface area contributed by atoms with Crippen LogP contribution in [0, 0.1) is 0 Å². The molecule has 0 aromatic carbocycles. The Kier molecular flexibility index (Phi) is 1.28. The van der Waals surface area contributed by atoms with Crippen LogP contribution in [0.4, 0.5) is 0 Å². The number of carbonyl (C=O) groups is 1. The van der Waals surface area contributed by atoms with Crippen molar-refractivity contribution in [2.75, 3.05) is 6.54 Å². The van der Waals surface area contributed by atoms with E-state index in [1.165, 1.54) is 0 Å². The SMILES string of the molecule is CCC1=NCC(=O)N1. The second-order valence-corrected chi connectivity index (χ2v) is 1.66. The van der Waals surface area contributed by atoms with E-state index in [9.17, 15) is 4.79 Å². The molecule has 1 aliphatic rings. The average Bonchev–Trinajstić information content (AvgIpc) is 2.14. The minimum Gasteiger partial charge on any atom is -0.313 e. The summed E-state index contributed by atoms with van der Waals surface area (Å²) in [4.78, 5) is 14.3. The van der Waals surface area contributed by atoms with Gasteiger partial charge >= 0.3 is 0 Å². The molecule has 0 bridgehead atoms. The summed E-state index contributed by atoms with van der Waals surface area (Å²) < 4.78 is 0. The second-order valence-electron chi connectivity index (χ2n) is 1.66. The van der Waals surface area contributed by atoms with Crippen molar-refractivity contribution in [1.29, 1.82) is 0 Å². The van der Waals surface area contributed by atoms with Gasteiger partial charge in [-0.25, -0.2) is 0 Å². The first-order valence-electron chi connectivity index (χ1n) is 2.66. The number of amides is 1. The van der Waals surface area contributed by atoms with E-state index in [0.717, 1.165) is 12.3 Å². The molecule has 0 aromatic heterocycles. The molecule has 8 heavy (non-hydrogen) atoms. The molecule has 0 saturated carbocycles. The molecule has 1 rings (SSSR count). The number of nitrogens with zero attached hydrogens (tertiary/aromatic N) is 1. The van der Waals surface area contributed by atoms with E-state index in [2.05, 4.69) is 10.3 Å². The van der Waals surface area contributed by atoms with Crippen LogP contribution in [0.2, 0.25) is 0 Å². The van der Waals surface area contributed by atoms with Gasteiger partial charge in [0.2, 0.25) is 5.91 Å². The lowest BCUT2D eigenvalue weighted by atomic mass is 10.4. The van der Waals surface area contributed by atoms with Crippen LogP contribution in [-0.2, 0) is 4.79 Å². The van der Waals surface area contributed by atoms with Crippen molar-refractivity contribution in [2.45, 2.75) is 13.3 Å². The fraction of sp³-hybridized carbons (Fsp3) is 0.600. The molecule has 0 saturated heterocycles. The number of aliphatic imine (C=N–C) groups is 1. The predicted octanol–water partition coefficient (Wildman–Crippen LogP) is -0.0753. The molecule has 3 nitrogen and oxygen atoms in total. The third-order valence-electron chi connectivity index (χ3n) is 1.03. The van der Waals surface area contributed by atoms with Crippen molar-refractivity contribution in [3.05, 3.63) is 0 Å². The van der Waals surface area contributed by atoms with E-state index >= 15 is 0 Å². The van der Waals surface area contributed by atoms with Crippen molar-refractivity contribution in [1.82, 2.24) is 5.32 Å². The number of nitrogens with one attached hydrogen (secondary N) is 1. The van der Waals surface area contributed by atoms with E-state index in [1.54, 1.807) is 0 Å². The third kappa shape index (κ3) is 0.857. The fourth-order valence-corrected chi connectivity index (χ4v) is 0.607. The van der Waals surface area contributed by atoms with Gasteiger partial charge in [0.15, 0.2) is 0 Å². The van der Waals surface area contributed by atoms with Crippen molar-refractivity contribution < 1.29 is 4.79 Å². The third-order valence-corrected chi connectivity index (χ3v) is 1.03. The van der Waals surface area contributed by atoms with Gasteiger partial charge in [-0.1, -0.05) is 6.92 Å². The van der Waals surface area contributed by atoms with Crippen LogP contribution >= 0.6 is 0 Å². The Morgan fingerprint density at radius 1 is 1.88 bits per heavy atom. The van der Waals surface area contributed by atoms with Gasteiger partial charge in [0.1, 0.15) is 12.4 Å². The van der Waals surface area contributed by atoms with Gasteiger partial charge in [-0.15, -0.1) is 0 Å². The van der Waals surface area contributed by atoms with Crippen molar-refractivity contribution in [2.24, 2.45) is 4.99 Å². The van der Waals surface area contributed by atoms with E-state index in [0.29, 0.717) is 6.54 Å². The first kappa shape index (κ1) is 5.28. The maximum atomic E-state index is 10.4. The summed E-state index contributed by atoms with van der Waals surface area (Å²) in [7, 11) is 0. The number of amidine groups is 1.